The molecule has 0 bridgehead atoms. The molecule has 0 radical (unpaired) electrons. The lowest BCUT2D eigenvalue weighted by Crippen LogP contribution is -2.49. The van der Waals surface area contributed by atoms with Crippen LogP contribution in [0.4, 0.5) is 0 Å². The first kappa shape index (κ1) is 23.6. The van der Waals surface area contributed by atoms with Crippen molar-refractivity contribution < 1.29 is 24.6 Å². The number of nitrogens with zero attached hydrogens (tertiary/aromatic N) is 2. The standard InChI is InChI=1S/C19H25ClN4O3.CH2O2/c1-19(2,11-25)23-17(26)12-3-6-14(7-4-12)21-18(27)15-10-24-9-13(20)5-8-16(24)22-15;2-1-3/h5,8-10,12,14,25H,3-4,6-7,11H2,1-2H3,(H,21,27)(H,23,26);1H,(H,2,3). The van der Waals surface area contributed by atoms with Crippen molar-refractivity contribution in [3.05, 3.63) is 35.2 Å². The molecular formula is C20H27ClN4O5. The lowest BCUT2D eigenvalue weighted by atomic mass is 9.85. The molecule has 3 rings (SSSR count). The second-order valence-corrected chi connectivity index (χ2v) is 8.33. The summed E-state index contributed by atoms with van der Waals surface area (Å²) in [6.45, 7) is 3.23. The van der Waals surface area contributed by atoms with Crippen molar-refractivity contribution in [2.24, 2.45) is 5.92 Å². The molecule has 0 atom stereocenters. The van der Waals surface area contributed by atoms with Crippen molar-refractivity contribution in [3.8, 4) is 0 Å². The number of hydrogen-bond acceptors (Lipinski definition) is 5. The first-order chi connectivity index (χ1) is 14.2. The molecule has 9 nitrogen and oxygen atoms in total. The first-order valence-electron chi connectivity index (χ1n) is 9.65. The lowest BCUT2D eigenvalue weighted by Gasteiger charge is -2.31. The van der Waals surface area contributed by atoms with Gasteiger partial charge >= 0.3 is 0 Å². The maximum atomic E-state index is 12.5. The predicted octanol–water partition coefficient (Wildman–Crippen LogP) is 1.86. The Morgan fingerprint density at radius 3 is 2.50 bits per heavy atom. The number of aliphatic hydroxyl groups is 1. The van der Waals surface area contributed by atoms with Gasteiger partial charge in [-0.05, 0) is 51.7 Å². The number of imidazole rings is 1. The normalized spacial score (nSPS) is 18.8. The van der Waals surface area contributed by atoms with Gasteiger partial charge < -0.3 is 25.2 Å². The summed E-state index contributed by atoms with van der Waals surface area (Å²) in [5.41, 5.74) is 0.395. The van der Waals surface area contributed by atoms with Gasteiger partial charge in [-0.15, -0.1) is 0 Å². The molecule has 30 heavy (non-hydrogen) atoms. The first-order valence-corrected chi connectivity index (χ1v) is 10.0. The van der Waals surface area contributed by atoms with E-state index >= 15 is 0 Å². The number of nitrogens with one attached hydrogen (secondary N) is 2. The zero-order valence-corrected chi connectivity index (χ0v) is 17.7. The van der Waals surface area contributed by atoms with Crippen LogP contribution in [0, 0.1) is 5.92 Å². The number of halogens is 1. The Labute approximate surface area is 179 Å². The van der Waals surface area contributed by atoms with Crippen molar-refractivity contribution in [3.63, 3.8) is 0 Å². The second-order valence-electron chi connectivity index (χ2n) is 7.90. The van der Waals surface area contributed by atoms with E-state index in [9.17, 15) is 14.7 Å². The minimum Gasteiger partial charge on any atom is -0.483 e. The number of hydrogen-bond donors (Lipinski definition) is 4. The Hall–Kier alpha value is -2.65. The van der Waals surface area contributed by atoms with E-state index in [1.54, 1.807) is 42.8 Å². The number of amides is 2. The summed E-state index contributed by atoms with van der Waals surface area (Å²) in [6.07, 6.45) is 6.26. The van der Waals surface area contributed by atoms with Gasteiger partial charge in [0.1, 0.15) is 11.3 Å². The topological polar surface area (TPSA) is 133 Å². The van der Waals surface area contributed by atoms with Crippen LogP contribution in [-0.4, -0.2) is 56.1 Å². The molecule has 164 valence electrons. The van der Waals surface area contributed by atoms with Crippen molar-refractivity contribution in [2.75, 3.05) is 6.61 Å². The number of rotatable bonds is 5. The van der Waals surface area contributed by atoms with Gasteiger partial charge in [-0.1, -0.05) is 11.6 Å². The third kappa shape index (κ3) is 6.43. The Morgan fingerprint density at radius 2 is 1.90 bits per heavy atom. The molecule has 0 spiro atoms. The summed E-state index contributed by atoms with van der Waals surface area (Å²) in [5, 5.41) is 22.6. The highest BCUT2D eigenvalue weighted by Gasteiger charge is 2.30. The monoisotopic (exact) mass is 438 g/mol. The fraction of sp³-hybridized carbons (Fsp3) is 0.500. The number of aromatic nitrogens is 2. The van der Waals surface area contributed by atoms with E-state index < -0.39 is 5.54 Å². The van der Waals surface area contributed by atoms with Crippen LogP contribution in [0.15, 0.2) is 24.5 Å². The van der Waals surface area contributed by atoms with Crippen LogP contribution in [0.1, 0.15) is 50.0 Å². The fourth-order valence-corrected chi connectivity index (χ4v) is 3.48. The third-order valence-corrected chi connectivity index (χ3v) is 5.16. The number of carbonyl (C=O) groups is 3. The van der Waals surface area contributed by atoms with Crippen LogP contribution in [0.3, 0.4) is 0 Å². The molecule has 4 N–H and O–H groups in total. The molecule has 0 aliphatic heterocycles. The fourth-order valence-electron chi connectivity index (χ4n) is 3.31. The molecule has 1 aliphatic rings. The molecule has 1 aliphatic carbocycles. The van der Waals surface area contributed by atoms with Crippen LogP contribution in [0.25, 0.3) is 5.65 Å². The Balaban J connectivity index is 0.00000101. The van der Waals surface area contributed by atoms with Gasteiger partial charge in [-0.2, -0.15) is 0 Å². The molecule has 0 aromatic carbocycles. The zero-order chi connectivity index (χ0) is 22.3. The largest absolute Gasteiger partial charge is 0.483 e. The molecule has 2 amide bonds. The highest BCUT2D eigenvalue weighted by Crippen LogP contribution is 2.25. The van der Waals surface area contributed by atoms with Gasteiger partial charge in [0.15, 0.2) is 0 Å². The SMILES string of the molecule is CC(C)(CO)NC(=O)C1CCC(NC(=O)c2cn3cc(Cl)ccc3n2)CC1.O=CO. The Bertz CT molecular complexity index is 890. The molecule has 1 saturated carbocycles. The molecule has 0 saturated heterocycles. The van der Waals surface area contributed by atoms with Crippen molar-refractivity contribution in [1.82, 2.24) is 20.0 Å². The van der Waals surface area contributed by atoms with Crippen LogP contribution < -0.4 is 10.6 Å². The highest BCUT2D eigenvalue weighted by atomic mass is 35.5. The molecule has 2 aromatic rings. The van der Waals surface area contributed by atoms with Gasteiger partial charge in [0.05, 0.1) is 17.2 Å². The number of carboxylic acid groups (broad SMARTS) is 1. The van der Waals surface area contributed by atoms with Crippen LogP contribution in [0.2, 0.25) is 5.02 Å². The Kier molecular flexibility index (Phi) is 8.19. The highest BCUT2D eigenvalue weighted by molar-refractivity contribution is 6.30. The minimum atomic E-state index is -0.617. The zero-order valence-electron chi connectivity index (χ0n) is 17.0. The molecule has 2 heterocycles. The van der Waals surface area contributed by atoms with E-state index in [1.807, 2.05) is 0 Å². The van der Waals surface area contributed by atoms with Gasteiger partial charge in [-0.3, -0.25) is 14.4 Å². The Morgan fingerprint density at radius 1 is 1.27 bits per heavy atom. The molecule has 2 aromatic heterocycles. The maximum absolute atomic E-state index is 12.5. The maximum Gasteiger partial charge on any atom is 0.290 e. The minimum absolute atomic E-state index is 0.0285. The average Bonchev–Trinajstić information content (AvgIpc) is 3.12. The van der Waals surface area contributed by atoms with Crippen LogP contribution in [-0.2, 0) is 9.59 Å². The summed E-state index contributed by atoms with van der Waals surface area (Å²) in [4.78, 5) is 37.5. The molecule has 10 heteroatoms. The van der Waals surface area contributed by atoms with Crippen molar-refractivity contribution in [1.29, 1.82) is 0 Å². The van der Waals surface area contributed by atoms with Gasteiger partial charge in [0.2, 0.25) is 5.91 Å². The second kappa shape index (κ2) is 10.4. The van der Waals surface area contributed by atoms with Crippen molar-refractivity contribution >= 4 is 35.5 Å². The van der Waals surface area contributed by atoms with E-state index in [1.165, 1.54) is 0 Å². The molecular weight excluding hydrogens is 412 g/mol. The smallest absolute Gasteiger partial charge is 0.290 e. The van der Waals surface area contributed by atoms with Crippen LogP contribution in [0.5, 0.6) is 0 Å². The van der Waals surface area contributed by atoms with E-state index in [-0.39, 0.29) is 36.9 Å². The third-order valence-electron chi connectivity index (χ3n) is 4.94. The average molecular weight is 439 g/mol. The number of carbonyl (C=O) groups excluding carboxylic acids is 2. The number of fused-ring (bicyclic) bond motifs is 1. The van der Waals surface area contributed by atoms with E-state index in [0.717, 1.165) is 12.8 Å². The quantitative estimate of drug-likeness (QED) is 0.526. The summed E-state index contributed by atoms with van der Waals surface area (Å²) >= 11 is 5.96. The molecule has 0 unspecified atom stereocenters. The van der Waals surface area contributed by atoms with Gasteiger partial charge in [0, 0.05) is 24.4 Å². The van der Waals surface area contributed by atoms with E-state index in [4.69, 9.17) is 21.5 Å². The van der Waals surface area contributed by atoms with Gasteiger partial charge in [-0.25, -0.2) is 4.98 Å². The molecule has 1 fully saturated rings. The predicted molar refractivity (Wildman–Crippen MR) is 111 cm³/mol. The number of aliphatic hydroxyl groups excluding tert-OH is 1. The number of pyridine rings is 1. The summed E-state index contributed by atoms with van der Waals surface area (Å²) in [5.74, 6) is -0.332. The lowest BCUT2D eigenvalue weighted by molar-refractivity contribution is -0.128. The summed E-state index contributed by atoms with van der Waals surface area (Å²) in [6, 6.07) is 3.52. The van der Waals surface area contributed by atoms with E-state index in [2.05, 4.69) is 15.6 Å². The summed E-state index contributed by atoms with van der Waals surface area (Å²) < 4.78 is 1.72. The van der Waals surface area contributed by atoms with Gasteiger partial charge in [0.25, 0.3) is 12.4 Å². The van der Waals surface area contributed by atoms with Crippen molar-refractivity contribution in [2.45, 2.75) is 51.1 Å². The van der Waals surface area contributed by atoms with Crippen LogP contribution >= 0.6 is 11.6 Å². The summed E-state index contributed by atoms with van der Waals surface area (Å²) in [7, 11) is 0. The van der Waals surface area contributed by atoms with E-state index in [0.29, 0.717) is 29.2 Å².